The van der Waals surface area contributed by atoms with E-state index in [4.69, 9.17) is 16.3 Å². The van der Waals surface area contributed by atoms with Gasteiger partial charge in [-0.2, -0.15) is 0 Å². The number of anilines is 1. The van der Waals surface area contributed by atoms with Gasteiger partial charge in [0.2, 0.25) is 11.8 Å². The smallest absolute Gasteiger partial charge is 0.262 e. The van der Waals surface area contributed by atoms with Crippen LogP contribution in [0.3, 0.4) is 0 Å². The first-order chi connectivity index (χ1) is 19.7. The third-order valence-corrected chi connectivity index (χ3v) is 7.01. The van der Waals surface area contributed by atoms with E-state index in [0.29, 0.717) is 27.5 Å². The Balaban J connectivity index is 1.39. The van der Waals surface area contributed by atoms with Gasteiger partial charge in [0, 0.05) is 60.6 Å². The Morgan fingerprint density at radius 2 is 1.63 bits per heavy atom. The van der Waals surface area contributed by atoms with Gasteiger partial charge in [0.25, 0.3) is 5.91 Å². The number of hydrogen-bond acceptors (Lipinski definition) is 5. The molecule has 0 aliphatic rings. The highest BCUT2D eigenvalue weighted by Gasteiger charge is 2.22. The molecule has 4 aromatic rings. The highest BCUT2D eigenvalue weighted by Crippen LogP contribution is 2.31. The number of nitrogens with one attached hydrogen (secondary N) is 2. The molecule has 2 N–H and O–H groups in total. The summed E-state index contributed by atoms with van der Waals surface area (Å²) < 4.78 is 7.01. The van der Waals surface area contributed by atoms with Crippen molar-refractivity contribution >= 4 is 52.0 Å². The molecule has 9 heteroatoms. The normalized spacial score (nSPS) is 11.0. The third-order valence-electron chi connectivity index (χ3n) is 6.76. The van der Waals surface area contributed by atoms with Gasteiger partial charge in [-0.15, -0.1) is 0 Å². The number of benzene rings is 3. The molecule has 0 unspecified atom stereocenters. The molecule has 0 saturated heterocycles. The molecule has 1 aromatic heterocycles. The summed E-state index contributed by atoms with van der Waals surface area (Å²) in [4.78, 5) is 40.6. The number of hydrogen-bond donors (Lipinski definition) is 2. The summed E-state index contributed by atoms with van der Waals surface area (Å²) >= 11 is 6.00. The van der Waals surface area contributed by atoms with Crippen molar-refractivity contribution in [3.8, 4) is 5.75 Å². The van der Waals surface area contributed by atoms with Crippen LogP contribution in [0.2, 0.25) is 5.02 Å². The van der Waals surface area contributed by atoms with E-state index in [1.807, 2.05) is 62.3 Å². The second-order valence-electron chi connectivity index (χ2n) is 9.73. The number of carbonyl (C=O) groups is 3. The number of nitrogens with zero attached hydrogens (tertiary/aromatic N) is 2. The minimum atomic E-state index is -0.248. The summed E-state index contributed by atoms with van der Waals surface area (Å²) in [5.74, 6) is -0.0626. The number of methoxy groups -OCH3 is 1. The molecule has 0 aliphatic heterocycles. The SMILES string of the molecule is COc1ccc2c(c1)c(CC(=O)NCCNC(=O)C=Cc1ccc(N(C)C)cc1)c(C)n2C(=O)c1ccc(Cl)cc1. The van der Waals surface area contributed by atoms with Crippen LogP contribution < -0.4 is 20.3 Å². The van der Waals surface area contributed by atoms with E-state index in [0.717, 1.165) is 22.2 Å². The van der Waals surface area contributed by atoms with Gasteiger partial charge in [-0.25, -0.2) is 0 Å². The minimum absolute atomic E-state index is 0.0627. The molecule has 4 rings (SSSR count). The second kappa shape index (κ2) is 13.2. The van der Waals surface area contributed by atoms with Gasteiger partial charge in [0.15, 0.2) is 0 Å². The Kier molecular flexibility index (Phi) is 9.47. The maximum atomic E-state index is 13.4. The van der Waals surface area contributed by atoms with Crippen molar-refractivity contribution in [2.75, 3.05) is 39.2 Å². The summed E-state index contributed by atoms with van der Waals surface area (Å²) in [5, 5.41) is 6.93. The second-order valence-corrected chi connectivity index (χ2v) is 10.2. The lowest BCUT2D eigenvalue weighted by molar-refractivity contribution is -0.121. The average molecular weight is 573 g/mol. The Labute approximate surface area is 244 Å². The highest BCUT2D eigenvalue weighted by molar-refractivity contribution is 6.30. The van der Waals surface area contributed by atoms with Crippen LogP contribution >= 0.6 is 11.6 Å². The minimum Gasteiger partial charge on any atom is -0.497 e. The van der Waals surface area contributed by atoms with Crippen LogP contribution in [0.1, 0.15) is 27.2 Å². The molecule has 0 saturated carbocycles. The predicted molar refractivity (Wildman–Crippen MR) is 164 cm³/mol. The number of amides is 2. The monoisotopic (exact) mass is 572 g/mol. The van der Waals surface area contributed by atoms with Crippen molar-refractivity contribution in [2.24, 2.45) is 0 Å². The maximum Gasteiger partial charge on any atom is 0.262 e. The summed E-state index contributed by atoms with van der Waals surface area (Å²) in [6.45, 7) is 2.36. The molecular weight excluding hydrogens is 540 g/mol. The Bertz CT molecular complexity index is 1590. The fourth-order valence-corrected chi connectivity index (χ4v) is 4.65. The van der Waals surface area contributed by atoms with Gasteiger partial charge in [0.1, 0.15) is 5.75 Å². The van der Waals surface area contributed by atoms with E-state index >= 15 is 0 Å². The van der Waals surface area contributed by atoms with Crippen LogP contribution in [0.15, 0.2) is 72.8 Å². The molecule has 8 nitrogen and oxygen atoms in total. The van der Waals surface area contributed by atoms with Crippen molar-refractivity contribution in [2.45, 2.75) is 13.3 Å². The van der Waals surface area contributed by atoms with Crippen LogP contribution in [0.4, 0.5) is 5.69 Å². The Morgan fingerprint density at radius 1 is 0.951 bits per heavy atom. The molecule has 2 amide bonds. The number of rotatable bonds is 10. The Hall–Kier alpha value is -4.56. The van der Waals surface area contributed by atoms with Crippen molar-refractivity contribution in [1.82, 2.24) is 15.2 Å². The van der Waals surface area contributed by atoms with Gasteiger partial charge in [-0.3, -0.25) is 19.0 Å². The van der Waals surface area contributed by atoms with Gasteiger partial charge in [0.05, 0.1) is 19.0 Å². The summed E-state index contributed by atoms with van der Waals surface area (Å²) in [5.41, 5.74) is 4.55. The molecule has 0 atom stereocenters. The molecule has 0 radical (unpaired) electrons. The first kappa shape index (κ1) is 29.4. The predicted octanol–water partition coefficient (Wildman–Crippen LogP) is 4.85. The van der Waals surface area contributed by atoms with E-state index in [-0.39, 0.29) is 37.2 Å². The van der Waals surface area contributed by atoms with Crippen molar-refractivity contribution in [1.29, 1.82) is 0 Å². The third kappa shape index (κ3) is 7.15. The molecule has 0 spiro atoms. The van der Waals surface area contributed by atoms with Crippen LogP contribution in [0.25, 0.3) is 17.0 Å². The first-order valence-corrected chi connectivity index (χ1v) is 13.5. The van der Waals surface area contributed by atoms with Gasteiger partial charge >= 0.3 is 0 Å². The highest BCUT2D eigenvalue weighted by atomic mass is 35.5. The van der Waals surface area contributed by atoms with Crippen LogP contribution in [0, 0.1) is 6.92 Å². The maximum absolute atomic E-state index is 13.4. The summed E-state index contributed by atoms with van der Waals surface area (Å²) in [7, 11) is 5.51. The zero-order valence-electron chi connectivity index (χ0n) is 23.5. The summed E-state index contributed by atoms with van der Waals surface area (Å²) in [6, 6.07) is 20.0. The topological polar surface area (TPSA) is 92.7 Å². The zero-order valence-corrected chi connectivity index (χ0v) is 24.3. The standard InChI is InChI=1S/C32H33ClN4O4/c1-21-27(20-31(39)35-18-17-34-30(38)16-7-22-5-12-25(13-6-22)36(2)3)28-19-26(41-4)14-15-29(28)37(21)32(40)23-8-10-24(33)11-9-23/h5-16,19H,17-18,20H2,1-4H3,(H,34,38)(H,35,39). The zero-order chi connectivity index (χ0) is 29.5. The average Bonchev–Trinajstić information content (AvgIpc) is 3.24. The molecule has 0 fully saturated rings. The largest absolute Gasteiger partial charge is 0.497 e. The lowest BCUT2D eigenvalue weighted by atomic mass is 10.1. The molecule has 212 valence electrons. The van der Waals surface area contributed by atoms with E-state index < -0.39 is 0 Å². The number of fused-ring (bicyclic) bond motifs is 1. The van der Waals surface area contributed by atoms with Gasteiger partial charge < -0.3 is 20.3 Å². The van der Waals surface area contributed by atoms with E-state index in [2.05, 4.69) is 10.6 Å². The Morgan fingerprint density at radius 3 is 2.29 bits per heavy atom. The molecule has 41 heavy (non-hydrogen) atoms. The quantitative estimate of drug-likeness (QED) is 0.209. The van der Waals surface area contributed by atoms with Crippen molar-refractivity contribution in [3.05, 3.63) is 100 Å². The van der Waals surface area contributed by atoms with Crippen molar-refractivity contribution in [3.63, 3.8) is 0 Å². The van der Waals surface area contributed by atoms with Gasteiger partial charge in [-0.05, 0) is 78.7 Å². The molecule has 3 aromatic carbocycles. The molecule has 1 heterocycles. The fraction of sp³-hybridized carbons (Fsp3) is 0.219. The number of carbonyl (C=O) groups excluding carboxylic acids is 3. The fourth-order valence-electron chi connectivity index (χ4n) is 4.52. The van der Waals surface area contributed by atoms with Crippen LogP contribution in [0.5, 0.6) is 5.75 Å². The number of halogens is 1. The summed E-state index contributed by atoms with van der Waals surface area (Å²) in [6.07, 6.45) is 3.27. The van der Waals surface area contributed by atoms with E-state index in [1.165, 1.54) is 6.08 Å². The molecule has 0 aliphatic carbocycles. The van der Waals surface area contributed by atoms with E-state index in [9.17, 15) is 14.4 Å². The number of aromatic nitrogens is 1. The first-order valence-electron chi connectivity index (χ1n) is 13.2. The van der Waals surface area contributed by atoms with Crippen LogP contribution in [-0.2, 0) is 16.0 Å². The van der Waals surface area contributed by atoms with E-state index in [1.54, 1.807) is 48.1 Å². The van der Waals surface area contributed by atoms with Gasteiger partial charge in [-0.1, -0.05) is 23.7 Å². The molecule has 0 bridgehead atoms. The van der Waals surface area contributed by atoms with Crippen molar-refractivity contribution < 1.29 is 19.1 Å². The lowest BCUT2D eigenvalue weighted by Crippen LogP contribution is -2.34. The number of ether oxygens (including phenoxy) is 1. The lowest BCUT2D eigenvalue weighted by Gasteiger charge is -2.11. The van der Waals surface area contributed by atoms with Crippen LogP contribution in [-0.4, -0.2) is 56.6 Å². The molecular formula is C32H33ClN4O4.